The van der Waals surface area contributed by atoms with Crippen LogP contribution in [0.3, 0.4) is 0 Å². The third-order valence-corrected chi connectivity index (χ3v) is 5.18. The lowest BCUT2D eigenvalue weighted by molar-refractivity contribution is -0.126. The van der Waals surface area contributed by atoms with Gasteiger partial charge in [-0.3, -0.25) is 9.20 Å². The Bertz CT molecular complexity index is 1100. The van der Waals surface area contributed by atoms with Gasteiger partial charge in [-0.2, -0.15) is 0 Å². The topological polar surface area (TPSA) is 85.1 Å². The first kappa shape index (κ1) is 17.5. The molecular weight excluding hydrogens is 372 g/mol. The molecule has 1 amide bonds. The van der Waals surface area contributed by atoms with Gasteiger partial charge in [-0.05, 0) is 30.7 Å². The predicted molar refractivity (Wildman–Crippen MR) is 106 cm³/mol. The van der Waals surface area contributed by atoms with Gasteiger partial charge >= 0.3 is 0 Å². The Morgan fingerprint density at radius 1 is 1.10 bits per heavy atom. The molecule has 4 heterocycles. The molecule has 3 aromatic rings. The van der Waals surface area contributed by atoms with E-state index in [1.807, 2.05) is 40.6 Å². The second kappa shape index (κ2) is 7.08. The van der Waals surface area contributed by atoms with E-state index in [0.717, 1.165) is 28.6 Å². The molecule has 0 radical (unpaired) electrons. The number of hydrogen-bond donors (Lipinski definition) is 0. The van der Waals surface area contributed by atoms with Gasteiger partial charge < -0.3 is 19.3 Å². The van der Waals surface area contributed by atoms with Crippen molar-refractivity contribution >= 4 is 23.4 Å². The molecule has 9 nitrogen and oxygen atoms in total. The largest absolute Gasteiger partial charge is 0.454 e. The smallest absolute Gasteiger partial charge is 0.246 e. The number of carbonyl (C=O) groups excluding carboxylic acids is 1. The Morgan fingerprint density at radius 3 is 2.79 bits per heavy atom. The summed E-state index contributed by atoms with van der Waals surface area (Å²) in [4.78, 5) is 21.1. The Morgan fingerprint density at radius 2 is 1.93 bits per heavy atom. The molecule has 29 heavy (non-hydrogen) atoms. The molecule has 148 valence electrons. The summed E-state index contributed by atoms with van der Waals surface area (Å²) in [5, 5.41) is 8.36. The number of piperazine rings is 1. The molecule has 1 saturated heterocycles. The number of anilines is 1. The van der Waals surface area contributed by atoms with E-state index in [2.05, 4.69) is 20.1 Å². The Labute approximate surface area is 167 Å². The van der Waals surface area contributed by atoms with Crippen LogP contribution in [0.4, 0.5) is 5.82 Å². The highest BCUT2D eigenvalue weighted by atomic mass is 16.7. The zero-order valence-corrected chi connectivity index (χ0v) is 16.0. The Kier molecular flexibility index (Phi) is 4.27. The van der Waals surface area contributed by atoms with Gasteiger partial charge in [-0.25, -0.2) is 4.98 Å². The lowest BCUT2D eigenvalue weighted by Crippen LogP contribution is -2.48. The average molecular weight is 392 g/mol. The van der Waals surface area contributed by atoms with Crippen LogP contribution in [-0.4, -0.2) is 63.4 Å². The summed E-state index contributed by atoms with van der Waals surface area (Å²) < 4.78 is 12.6. The molecule has 9 heteroatoms. The molecular formula is C20H20N6O3. The first-order chi connectivity index (χ1) is 14.2. The molecule has 2 aromatic heterocycles. The Balaban J connectivity index is 1.24. The van der Waals surface area contributed by atoms with Gasteiger partial charge in [0.1, 0.15) is 5.82 Å². The van der Waals surface area contributed by atoms with Crippen LogP contribution in [0.25, 0.3) is 11.7 Å². The number of rotatable bonds is 3. The number of aryl methyl sites for hydroxylation is 1. The van der Waals surface area contributed by atoms with Gasteiger partial charge in [0.15, 0.2) is 17.3 Å². The molecule has 0 unspecified atom stereocenters. The molecule has 2 aliphatic heterocycles. The van der Waals surface area contributed by atoms with Crippen LogP contribution in [0, 0.1) is 6.92 Å². The van der Waals surface area contributed by atoms with Gasteiger partial charge in [0.2, 0.25) is 18.3 Å². The summed E-state index contributed by atoms with van der Waals surface area (Å²) in [6.07, 6.45) is 7.02. The molecule has 1 aromatic carbocycles. The van der Waals surface area contributed by atoms with Crippen LogP contribution < -0.4 is 14.4 Å². The van der Waals surface area contributed by atoms with Crippen molar-refractivity contribution in [2.45, 2.75) is 6.92 Å². The summed E-state index contributed by atoms with van der Waals surface area (Å²) in [6, 6.07) is 5.63. The molecule has 5 rings (SSSR count). The van der Waals surface area contributed by atoms with Gasteiger partial charge in [-0.1, -0.05) is 6.07 Å². The third-order valence-electron chi connectivity index (χ3n) is 5.18. The minimum absolute atomic E-state index is 0.00759. The van der Waals surface area contributed by atoms with E-state index in [1.54, 1.807) is 18.3 Å². The van der Waals surface area contributed by atoms with E-state index in [1.165, 1.54) is 0 Å². The van der Waals surface area contributed by atoms with Crippen LogP contribution in [0.1, 0.15) is 11.4 Å². The van der Waals surface area contributed by atoms with Crippen molar-refractivity contribution in [1.82, 2.24) is 24.5 Å². The van der Waals surface area contributed by atoms with Crippen LogP contribution >= 0.6 is 0 Å². The minimum Gasteiger partial charge on any atom is -0.454 e. The van der Waals surface area contributed by atoms with Crippen LogP contribution in [-0.2, 0) is 4.79 Å². The SMILES string of the molecule is Cc1nnc2c(N3CCN(C(=O)/C=C\c4ccc5c(c4)OCO5)CC3)nccn12. The number of aromatic nitrogens is 4. The van der Waals surface area contributed by atoms with Crippen molar-refractivity contribution in [2.24, 2.45) is 0 Å². The van der Waals surface area contributed by atoms with Gasteiger partial charge in [0, 0.05) is 44.6 Å². The number of nitrogens with zero attached hydrogens (tertiary/aromatic N) is 6. The van der Waals surface area contributed by atoms with Crippen LogP contribution in [0.15, 0.2) is 36.7 Å². The van der Waals surface area contributed by atoms with E-state index in [4.69, 9.17) is 9.47 Å². The molecule has 1 fully saturated rings. The maximum absolute atomic E-state index is 12.6. The van der Waals surface area contributed by atoms with Crippen LogP contribution in [0.5, 0.6) is 11.5 Å². The second-order valence-corrected chi connectivity index (χ2v) is 6.95. The van der Waals surface area contributed by atoms with E-state index in [-0.39, 0.29) is 12.7 Å². The fourth-order valence-electron chi connectivity index (χ4n) is 3.58. The molecule has 2 aliphatic rings. The number of fused-ring (bicyclic) bond motifs is 2. The monoisotopic (exact) mass is 392 g/mol. The van der Waals surface area contributed by atoms with Gasteiger partial charge in [0.05, 0.1) is 0 Å². The third kappa shape index (κ3) is 3.24. The Hall–Kier alpha value is -3.62. The number of benzene rings is 1. The maximum atomic E-state index is 12.6. The summed E-state index contributed by atoms with van der Waals surface area (Å²) in [7, 11) is 0. The van der Waals surface area contributed by atoms with Crippen molar-refractivity contribution in [2.75, 3.05) is 37.9 Å². The van der Waals surface area contributed by atoms with E-state index < -0.39 is 0 Å². The van der Waals surface area contributed by atoms with E-state index in [0.29, 0.717) is 31.9 Å². The van der Waals surface area contributed by atoms with Crippen molar-refractivity contribution in [1.29, 1.82) is 0 Å². The summed E-state index contributed by atoms with van der Waals surface area (Å²) in [6.45, 7) is 4.79. The first-order valence-electron chi connectivity index (χ1n) is 9.47. The zero-order valence-electron chi connectivity index (χ0n) is 16.0. The van der Waals surface area contributed by atoms with Crippen molar-refractivity contribution in [3.05, 3.63) is 48.1 Å². The summed E-state index contributed by atoms with van der Waals surface area (Å²) >= 11 is 0. The van der Waals surface area contributed by atoms with E-state index >= 15 is 0 Å². The van der Waals surface area contributed by atoms with Gasteiger partial charge in [-0.15, -0.1) is 10.2 Å². The normalized spacial score (nSPS) is 16.2. The predicted octanol–water partition coefficient (Wildman–Crippen LogP) is 1.52. The van der Waals surface area contributed by atoms with Crippen LogP contribution in [0.2, 0.25) is 0 Å². The average Bonchev–Trinajstić information content (AvgIpc) is 3.38. The van der Waals surface area contributed by atoms with Crippen molar-refractivity contribution in [3.8, 4) is 11.5 Å². The zero-order chi connectivity index (χ0) is 19.8. The molecule has 0 N–H and O–H groups in total. The standard InChI is InChI=1S/C20H20N6O3/c1-14-22-23-20-19(21-6-7-26(14)20)25-10-8-24(9-11-25)18(27)5-3-15-2-4-16-17(12-15)29-13-28-16/h2-7,12H,8-11,13H2,1H3/b5-3-. The summed E-state index contributed by atoms with van der Waals surface area (Å²) in [5.41, 5.74) is 1.65. The highest BCUT2D eigenvalue weighted by Crippen LogP contribution is 2.32. The number of hydrogen-bond acceptors (Lipinski definition) is 7. The highest BCUT2D eigenvalue weighted by molar-refractivity contribution is 5.92. The molecule has 0 atom stereocenters. The number of carbonyl (C=O) groups is 1. The number of ether oxygens (including phenoxy) is 2. The molecule has 0 aliphatic carbocycles. The number of amides is 1. The van der Waals surface area contributed by atoms with Crippen molar-refractivity contribution < 1.29 is 14.3 Å². The maximum Gasteiger partial charge on any atom is 0.246 e. The van der Waals surface area contributed by atoms with Crippen molar-refractivity contribution in [3.63, 3.8) is 0 Å². The lowest BCUT2D eigenvalue weighted by atomic mass is 10.2. The molecule has 0 saturated carbocycles. The lowest BCUT2D eigenvalue weighted by Gasteiger charge is -2.34. The second-order valence-electron chi connectivity index (χ2n) is 6.95. The fraction of sp³-hybridized carbons (Fsp3) is 0.300. The van der Waals surface area contributed by atoms with Gasteiger partial charge in [0.25, 0.3) is 0 Å². The minimum atomic E-state index is -0.00759. The molecule has 0 spiro atoms. The highest BCUT2D eigenvalue weighted by Gasteiger charge is 2.23. The molecule has 0 bridgehead atoms. The van der Waals surface area contributed by atoms with E-state index in [9.17, 15) is 4.79 Å². The summed E-state index contributed by atoms with van der Waals surface area (Å²) in [5.74, 6) is 3.06. The first-order valence-corrected chi connectivity index (χ1v) is 9.47. The fourth-order valence-corrected chi connectivity index (χ4v) is 3.58. The quantitative estimate of drug-likeness (QED) is 0.625.